The molecular weight excluding hydrogens is 242 g/mol. The fourth-order valence-corrected chi connectivity index (χ4v) is 3.22. The predicted octanol–water partition coefficient (Wildman–Crippen LogP) is 5.78. The highest BCUT2D eigenvalue weighted by molar-refractivity contribution is 6.07. The van der Waals surface area contributed by atoms with Crippen molar-refractivity contribution in [2.24, 2.45) is 4.99 Å². The summed E-state index contributed by atoms with van der Waals surface area (Å²) in [7, 11) is 0. The SMILES string of the molecule is CCCCCC1=Nc2c(ccc3ccccc23)C1(C)C. The summed E-state index contributed by atoms with van der Waals surface area (Å²) in [5, 5.41) is 2.59. The number of benzene rings is 2. The molecule has 0 spiro atoms. The summed E-state index contributed by atoms with van der Waals surface area (Å²) in [6, 6.07) is 13.1. The fourth-order valence-electron chi connectivity index (χ4n) is 3.22. The summed E-state index contributed by atoms with van der Waals surface area (Å²) >= 11 is 0. The van der Waals surface area contributed by atoms with Crippen LogP contribution in [0, 0.1) is 0 Å². The lowest BCUT2D eigenvalue weighted by atomic mass is 9.79. The zero-order valence-corrected chi connectivity index (χ0v) is 12.7. The summed E-state index contributed by atoms with van der Waals surface area (Å²) in [5.41, 5.74) is 4.05. The summed E-state index contributed by atoms with van der Waals surface area (Å²) < 4.78 is 0. The van der Waals surface area contributed by atoms with Gasteiger partial charge in [0.1, 0.15) is 0 Å². The molecule has 0 bridgehead atoms. The maximum absolute atomic E-state index is 5.02. The van der Waals surface area contributed by atoms with Crippen LogP contribution >= 0.6 is 0 Å². The van der Waals surface area contributed by atoms with E-state index in [0.717, 1.165) is 6.42 Å². The van der Waals surface area contributed by atoms with E-state index >= 15 is 0 Å². The van der Waals surface area contributed by atoms with Crippen molar-refractivity contribution >= 4 is 22.2 Å². The van der Waals surface area contributed by atoms with Crippen LogP contribution in [0.5, 0.6) is 0 Å². The van der Waals surface area contributed by atoms with Crippen LogP contribution in [-0.4, -0.2) is 5.71 Å². The Morgan fingerprint density at radius 2 is 1.80 bits per heavy atom. The van der Waals surface area contributed by atoms with Crippen molar-refractivity contribution in [3.8, 4) is 0 Å². The Bertz CT molecular complexity index is 665. The van der Waals surface area contributed by atoms with Crippen LogP contribution in [0.2, 0.25) is 0 Å². The minimum absolute atomic E-state index is 0.0904. The Balaban J connectivity index is 2.05. The van der Waals surface area contributed by atoms with Gasteiger partial charge in [-0.15, -0.1) is 0 Å². The van der Waals surface area contributed by atoms with Crippen LogP contribution in [0.25, 0.3) is 10.8 Å². The van der Waals surface area contributed by atoms with Crippen molar-refractivity contribution in [2.75, 3.05) is 0 Å². The number of aliphatic imine (C=N–C) groups is 1. The highest BCUT2D eigenvalue weighted by Crippen LogP contribution is 2.45. The Morgan fingerprint density at radius 1 is 1.00 bits per heavy atom. The zero-order valence-electron chi connectivity index (χ0n) is 12.7. The highest BCUT2D eigenvalue weighted by Gasteiger charge is 2.34. The molecule has 0 unspecified atom stereocenters. The quantitative estimate of drug-likeness (QED) is 0.621. The summed E-state index contributed by atoms with van der Waals surface area (Å²) in [4.78, 5) is 5.02. The van der Waals surface area contributed by atoms with E-state index in [0.29, 0.717) is 0 Å². The maximum atomic E-state index is 5.02. The number of unbranched alkanes of at least 4 members (excludes halogenated alkanes) is 2. The van der Waals surface area contributed by atoms with Gasteiger partial charge in [-0.1, -0.05) is 70.0 Å². The minimum Gasteiger partial charge on any atom is -0.256 e. The van der Waals surface area contributed by atoms with Gasteiger partial charge in [0.05, 0.1) is 5.69 Å². The van der Waals surface area contributed by atoms with Crippen molar-refractivity contribution in [2.45, 2.75) is 51.9 Å². The second-order valence-corrected chi connectivity index (χ2v) is 6.32. The first-order valence-electron chi connectivity index (χ1n) is 7.75. The molecule has 1 heterocycles. The Hall–Kier alpha value is -1.63. The number of hydrogen-bond donors (Lipinski definition) is 0. The van der Waals surface area contributed by atoms with Crippen LogP contribution in [0.3, 0.4) is 0 Å². The van der Waals surface area contributed by atoms with Gasteiger partial charge in [0.2, 0.25) is 0 Å². The molecule has 1 aliphatic rings. The summed E-state index contributed by atoms with van der Waals surface area (Å²) in [6.45, 7) is 6.89. The van der Waals surface area contributed by atoms with E-state index in [-0.39, 0.29) is 5.41 Å². The molecule has 0 amide bonds. The summed E-state index contributed by atoms with van der Waals surface area (Å²) in [6.07, 6.45) is 4.95. The topological polar surface area (TPSA) is 12.4 Å². The van der Waals surface area contributed by atoms with Crippen molar-refractivity contribution in [1.82, 2.24) is 0 Å². The third kappa shape index (κ3) is 2.06. The smallest absolute Gasteiger partial charge is 0.0749 e. The first-order valence-corrected chi connectivity index (χ1v) is 7.75. The molecular formula is C19H23N. The third-order valence-electron chi connectivity index (χ3n) is 4.56. The molecule has 20 heavy (non-hydrogen) atoms. The van der Waals surface area contributed by atoms with E-state index in [2.05, 4.69) is 57.2 Å². The first-order chi connectivity index (χ1) is 9.64. The Morgan fingerprint density at radius 3 is 2.60 bits per heavy atom. The average molecular weight is 265 g/mol. The van der Waals surface area contributed by atoms with Gasteiger partial charge in [-0.05, 0) is 23.8 Å². The third-order valence-corrected chi connectivity index (χ3v) is 4.56. The first kappa shape index (κ1) is 13.4. The van der Waals surface area contributed by atoms with Crippen LogP contribution in [0.1, 0.15) is 52.0 Å². The molecule has 104 valence electrons. The van der Waals surface area contributed by atoms with Crippen molar-refractivity contribution in [3.05, 3.63) is 42.0 Å². The number of hydrogen-bond acceptors (Lipinski definition) is 1. The van der Waals surface area contributed by atoms with E-state index < -0.39 is 0 Å². The van der Waals surface area contributed by atoms with E-state index in [4.69, 9.17) is 4.99 Å². The van der Waals surface area contributed by atoms with E-state index in [1.165, 1.54) is 47.0 Å². The number of nitrogens with zero attached hydrogens (tertiary/aromatic N) is 1. The molecule has 0 saturated carbocycles. The lowest BCUT2D eigenvalue weighted by Gasteiger charge is -2.22. The molecule has 1 nitrogen and oxygen atoms in total. The Kier molecular flexibility index (Phi) is 3.37. The van der Waals surface area contributed by atoms with E-state index in [1.54, 1.807) is 0 Å². The number of rotatable bonds is 4. The molecule has 0 aliphatic carbocycles. The molecule has 0 saturated heterocycles. The van der Waals surface area contributed by atoms with E-state index in [9.17, 15) is 0 Å². The number of fused-ring (bicyclic) bond motifs is 3. The molecule has 3 rings (SSSR count). The van der Waals surface area contributed by atoms with Crippen LogP contribution < -0.4 is 0 Å². The van der Waals surface area contributed by atoms with Gasteiger partial charge in [0, 0.05) is 16.5 Å². The molecule has 1 aliphatic heterocycles. The zero-order chi connectivity index (χ0) is 14.2. The standard InChI is InChI=1S/C19H23N/c1-4-5-6-11-17-19(2,3)16-13-12-14-9-7-8-10-15(14)18(16)20-17/h7-10,12-13H,4-6,11H2,1-3H3. The maximum Gasteiger partial charge on any atom is 0.0749 e. The second-order valence-electron chi connectivity index (χ2n) is 6.32. The summed E-state index contributed by atoms with van der Waals surface area (Å²) in [5.74, 6) is 0. The Labute approximate surface area is 121 Å². The van der Waals surface area contributed by atoms with Gasteiger partial charge in [-0.3, -0.25) is 4.99 Å². The molecule has 0 N–H and O–H groups in total. The van der Waals surface area contributed by atoms with Crippen LogP contribution in [-0.2, 0) is 5.41 Å². The van der Waals surface area contributed by atoms with Crippen molar-refractivity contribution in [3.63, 3.8) is 0 Å². The van der Waals surface area contributed by atoms with Gasteiger partial charge in [0.15, 0.2) is 0 Å². The van der Waals surface area contributed by atoms with Crippen LogP contribution in [0.15, 0.2) is 41.4 Å². The average Bonchev–Trinajstić information content (AvgIpc) is 2.71. The highest BCUT2D eigenvalue weighted by atomic mass is 14.8. The normalized spacial score (nSPS) is 16.2. The molecule has 1 heteroatoms. The van der Waals surface area contributed by atoms with Gasteiger partial charge >= 0.3 is 0 Å². The van der Waals surface area contributed by atoms with Crippen molar-refractivity contribution in [1.29, 1.82) is 0 Å². The largest absolute Gasteiger partial charge is 0.256 e. The minimum atomic E-state index is 0.0904. The monoisotopic (exact) mass is 265 g/mol. The van der Waals surface area contributed by atoms with E-state index in [1.807, 2.05) is 0 Å². The molecule has 0 fully saturated rings. The second kappa shape index (κ2) is 5.05. The lowest BCUT2D eigenvalue weighted by molar-refractivity contribution is 0.681. The van der Waals surface area contributed by atoms with Gasteiger partial charge < -0.3 is 0 Å². The molecule has 2 aromatic carbocycles. The molecule has 0 radical (unpaired) electrons. The van der Waals surface area contributed by atoms with Gasteiger partial charge in [-0.2, -0.15) is 0 Å². The predicted molar refractivity (Wildman–Crippen MR) is 88.2 cm³/mol. The van der Waals surface area contributed by atoms with Crippen molar-refractivity contribution < 1.29 is 0 Å². The molecule has 0 atom stereocenters. The molecule has 0 aromatic heterocycles. The fraction of sp³-hybridized carbons (Fsp3) is 0.421. The van der Waals surface area contributed by atoms with Crippen LogP contribution in [0.4, 0.5) is 5.69 Å². The van der Waals surface area contributed by atoms with Gasteiger partial charge in [-0.25, -0.2) is 0 Å². The molecule has 2 aromatic rings. The lowest BCUT2D eigenvalue weighted by Crippen LogP contribution is -2.25. The van der Waals surface area contributed by atoms with Gasteiger partial charge in [0.25, 0.3) is 0 Å².